The Labute approximate surface area is 181 Å². The van der Waals surface area contributed by atoms with Crippen LogP contribution in [0, 0.1) is 0 Å². The molecule has 3 aliphatic rings. The third kappa shape index (κ3) is 3.62. The van der Waals surface area contributed by atoms with Crippen LogP contribution >= 0.6 is 0 Å². The zero-order valence-electron chi connectivity index (χ0n) is 17.9. The number of rotatable bonds is 4. The van der Waals surface area contributed by atoms with Crippen molar-refractivity contribution < 1.29 is 9.53 Å². The topological polar surface area (TPSA) is 87.3 Å². The minimum Gasteiger partial charge on any atom is -0.494 e. The van der Waals surface area contributed by atoms with Crippen LogP contribution in [0.1, 0.15) is 62.5 Å². The summed E-state index contributed by atoms with van der Waals surface area (Å²) in [5, 5.41) is 3.36. The molecular formula is C24H28N4O3. The third-order valence-electron chi connectivity index (χ3n) is 6.43. The van der Waals surface area contributed by atoms with E-state index in [1.165, 1.54) is 6.42 Å². The normalized spacial score (nSPS) is 20.7. The first-order valence-electron chi connectivity index (χ1n) is 11.3. The van der Waals surface area contributed by atoms with E-state index in [-0.39, 0.29) is 11.3 Å². The van der Waals surface area contributed by atoms with Crippen molar-refractivity contribution in [2.75, 3.05) is 29.9 Å². The molecule has 31 heavy (non-hydrogen) atoms. The van der Waals surface area contributed by atoms with Gasteiger partial charge in [-0.3, -0.25) is 14.6 Å². The van der Waals surface area contributed by atoms with E-state index in [9.17, 15) is 9.59 Å². The quantitative estimate of drug-likeness (QED) is 0.784. The molecule has 5 rings (SSSR count). The van der Waals surface area contributed by atoms with Crippen LogP contribution in [0.15, 0.2) is 40.3 Å². The number of anilines is 2. The summed E-state index contributed by atoms with van der Waals surface area (Å²) in [6, 6.07) is 7.71. The molecule has 2 aliphatic heterocycles. The van der Waals surface area contributed by atoms with Crippen LogP contribution in [0.3, 0.4) is 0 Å². The van der Waals surface area contributed by atoms with E-state index in [0.717, 1.165) is 55.8 Å². The van der Waals surface area contributed by atoms with Crippen molar-refractivity contribution in [1.82, 2.24) is 9.97 Å². The average molecular weight is 421 g/mol. The van der Waals surface area contributed by atoms with Crippen LogP contribution in [0.4, 0.5) is 11.8 Å². The minimum absolute atomic E-state index is 0.109. The predicted octanol–water partition coefficient (Wildman–Crippen LogP) is 3.72. The summed E-state index contributed by atoms with van der Waals surface area (Å²) in [5.41, 5.74) is 2.87. The van der Waals surface area contributed by atoms with Crippen LogP contribution in [0.5, 0.6) is 5.75 Å². The Morgan fingerprint density at radius 1 is 1.06 bits per heavy atom. The molecule has 2 N–H and O–H groups in total. The molecule has 1 aliphatic carbocycles. The fourth-order valence-electron chi connectivity index (χ4n) is 4.96. The maximum Gasteiger partial charge on any atom is 0.258 e. The van der Waals surface area contributed by atoms with Gasteiger partial charge in [-0.2, -0.15) is 4.98 Å². The Bertz CT molecular complexity index is 1080. The van der Waals surface area contributed by atoms with Gasteiger partial charge in [0.15, 0.2) is 5.78 Å². The summed E-state index contributed by atoms with van der Waals surface area (Å²) in [7, 11) is 0. The van der Waals surface area contributed by atoms with Gasteiger partial charge in [-0.25, -0.2) is 0 Å². The number of aromatic amines is 1. The molecule has 0 radical (unpaired) electrons. The van der Waals surface area contributed by atoms with Crippen molar-refractivity contribution in [3.8, 4) is 5.75 Å². The third-order valence-corrected chi connectivity index (χ3v) is 6.43. The first-order valence-corrected chi connectivity index (χ1v) is 11.3. The first-order chi connectivity index (χ1) is 15.2. The van der Waals surface area contributed by atoms with E-state index in [1.54, 1.807) is 0 Å². The second-order valence-corrected chi connectivity index (χ2v) is 8.43. The van der Waals surface area contributed by atoms with Crippen LogP contribution in [0.25, 0.3) is 0 Å². The minimum atomic E-state index is -0.415. The van der Waals surface area contributed by atoms with Gasteiger partial charge in [0, 0.05) is 36.7 Å². The number of H-pyrrole nitrogens is 1. The number of Topliss-reactive ketones (excluding diaryl/α,β-unsaturated/α-hetero) is 1. The number of nitrogens with zero attached hydrogens (tertiary/aromatic N) is 2. The van der Waals surface area contributed by atoms with Gasteiger partial charge in [0.25, 0.3) is 5.56 Å². The molecule has 0 saturated carbocycles. The van der Waals surface area contributed by atoms with E-state index in [4.69, 9.17) is 9.72 Å². The van der Waals surface area contributed by atoms with E-state index >= 15 is 0 Å². The van der Waals surface area contributed by atoms with Crippen LogP contribution in [-0.2, 0) is 4.79 Å². The summed E-state index contributed by atoms with van der Waals surface area (Å²) in [5.74, 6) is 1.67. The van der Waals surface area contributed by atoms with Crippen molar-refractivity contribution in [3.05, 3.63) is 57.0 Å². The molecular weight excluding hydrogens is 392 g/mol. The zero-order chi connectivity index (χ0) is 21.4. The van der Waals surface area contributed by atoms with Gasteiger partial charge in [-0.05, 0) is 56.7 Å². The first kappa shape index (κ1) is 19.8. The maximum absolute atomic E-state index is 13.3. The van der Waals surface area contributed by atoms with Crippen molar-refractivity contribution in [1.29, 1.82) is 0 Å². The Kier molecular flexibility index (Phi) is 5.26. The highest BCUT2D eigenvalue weighted by Gasteiger charge is 2.38. The summed E-state index contributed by atoms with van der Waals surface area (Å²) < 4.78 is 5.57. The lowest BCUT2D eigenvalue weighted by atomic mass is 9.76. The van der Waals surface area contributed by atoms with Gasteiger partial charge < -0.3 is 15.0 Å². The lowest BCUT2D eigenvalue weighted by Gasteiger charge is -2.34. The van der Waals surface area contributed by atoms with Gasteiger partial charge in [0.1, 0.15) is 11.6 Å². The van der Waals surface area contributed by atoms with Gasteiger partial charge >= 0.3 is 0 Å². The smallest absolute Gasteiger partial charge is 0.258 e. The van der Waals surface area contributed by atoms with Crippen molar-refractivity contribution >= 4 is 17.5 Å². The predicted molar refractivity (Wildman–Crippen MR) is 120 cm³/mol. The number of piperidine rings is 1. The molecule has 1 fully saturated rings. The summed E-state index contributed by atoms with van der Waals surface area (Å²) in [6.45, 7) is 4.33. The zero-order valence-corrected chi connectivity index (χ0v) is 17.9. The molecule has 3 heterocycles. The number of nitrogens with one attached hydrogen (secondary N) is 2. The number of aromatic nitrogens is 2. The number of carbonyl (C=O) groups excluding carboxylic acids is 1. The molecule has 0 amide bonds. The van der Waals surface area contributed by atoms with Crippen molar-refractivity contribution in [3.63, 3.8) is 0 Å². The Hall–Kier alpha value is -3.09. The summed E-state index contributed by atoms with van der Waals surface area (Å²) >= 11 is 0. The molecule has 162 valence electrons. The van der Waals surface area contributed by atoms with Gasteiger partial charge in [0.05, 0.1) is 12.2 Å². The fraction of sp³-hybridized carbons (Fsp3) is 0.458. The fourth-order valence-corrected chi connectivity index (χ4v) is 4.96. The van der Waals surface area contributed by atoms with Crippen molar-refractivity contribution in [2.45, 2.75) is 51.4 Å². The molecule has 0 spiro atoms. The Balaban J connectivity index is 1.62. The highest BCUT2D eigenvalue weighted by Crippen LogP contribution is 2.43. The largest absolute Gasteiger partial charge is 0.494 e. The number of ketones is 1. The second kappa shape index (κ2) is 8.21. The standard InChI is InChI=1S/C24H28N4O3/c1-2-31-16-11-9-15(10-12-16)19-20-17(7-6-8-18(20)29)25-22-21(19)23(30)27-24(26-22)28-13-4-3-5-14-28/h9-12,19H,2-8,13-14H2,1H3,(H2,25,26,27,30)/t19-/m0/s1. The average Bonchev–Trinajstić information content (AvgIpc) is 2.79. The number of allylic oxidation sites excluding steroid dienone is 2. The maximum atomic E-state index is 13.3. The number of hydrogen-bond donors (Lipinski definition) is 2. The Morgan fingerprint density at radius 2 is 1.84 bits per heavy atom. The molecule has 1 atom stereocenters. The van der Waals surface area contributed by atoms with E-state index in [1.807, 2.05) is 31.2 Å². The monoisotopic (exact) mass is 420 g/mol. The second-order valence-electron chi connectivity index (χ2n) is 8.43. The van der Waals surface area contributed by atoms with E-state index in [2.05, 4.69) is 15.2 Å². The van der Waals surface area contributed by atoms with E-state index in [0.29, 0.717) is 35.9 Å². The summed E-state index contributed by atoms with van der Waals surface area (Å²) in [6.07, 6.45) is 5.54. The number of benzene rings is 1. The lowest BCUT2D eigenvalue weighted by Crippen LogP contribution is -2.36. The highest BCUT2D eigenvalue weighted by molar-refractivity contribution is 6.00. The van der Waals surface area contributed by atoms with Crippen LogP contribution < -0.4 is 20.5 Å². The highest BCUT2D eigenvalue weighted by atomic mass is 16.5. The SMILES string of the molecule is CCOc1ccc([C@H]2C3=C(CCCC3=O)Nc3nc(N4CCCCC4)[nH]c(=O)c32)cc1. The van der Waals surface area contributed by atoms with Gasteiger partial charge in [-0.1, -0.05) is 12.1 Å². The molecule has 2 aromatic rings. The number of ether oxygens (including phenoxy) is 1. The number of carbonyl (C=O) groups is 1. The molecule has 1 aromatic heterocycles. The van der Waals surface area contributed by atoms with E-state index < -0.39 is 5.92 Å². The number of fused-ring (bicyclic) bond motifs is 1. The molecule has 7 heteroatoms. The van der Waals surface area contributed by atoms with Crippen LogP contribution in [-0.4, -0.2) is 35.4 Å². The van der Waals surface area contributed by atoms with Crippen molar-refractivity contribution in [2.24, 2.45) is 0 Å². The molecule has 0 unspecified atom stereocenters. The van der Waals surface area contributed by atoms with Gasteiger partial charge in [-0.15, -0.1) is 0 Å². The number of hydrogen-bond acceptors (Lipinski definition) is 6. The Morgan fingerprint density at radius 3 is 2.58 bits per heavy atom. The molecule has 1 aromatic carbocycles. The molecule has 1 saturated heterocycles. The lowest BCUT2D eigenvalue weighted by molar-refractivity contribution is -0.116. The molecule has 0 bridgehead atoms. The van der Waals surface area contributed by atoms with Crippen LogP contribution in [0.2, 0.25) is 0 Å². The summed E-state index contributed by atoms with van der Waals surface area (Å²) in [4.78, 5) is 36.3. The van der Waals surface area contributed by atoms with Gasteiger partial charge in [0.2, 0.25) is 5.95 Å². The molecule has 7 nitrogen and oxygen atoms in total.